The molecule has 0 aliphatic carbocycles. The number of hydrogen-bond donors (Lipinski definition) is 2. The van der Waals surface area contributed by atoms with E-state index in [1.807, 2.05) is 30.3 Å². The van der Waals surface area contributed by atoms with Crippen LogP contribution in [0.15, 0.2) is 48.5 Å². The first-order valence-corrected chi connectivity index (χ1v) is 8.08. The molecular formula is C19H24N2S. The lowest BCUT2D eigenvalue weighted by atomic mass is 9.92. The lowest BCUT2D eigenvalue weighted by Gasteiger charge is -2.26. The van der Waals surface area contributed by atoms with Crippen LogP contribution in [0.3, 0.4) is 0 Å². The van der Waals surface area contributed by atoms with Crippen molar-refractivity contribution in [1.29, 1.82) is 0 Å². The molecule has 0 heterocycles. The molecule has 116 valence electrons. The van der Waals surface area contributed by atoms with Crippen LogP contribution in [0.25, 0.3) is 0 Å². The highest BCUT2D eigenvalue weighted by Crippen LogP contribution is 2.25. The monoisotopic (exact) mass is 312 g/mol. The Labute approximate surface area is 139 Å². The predicted molar refractivity (Wildman–Crippen MR) is 99.3 cm³/mol. The second-order valence-electron chi connectivity index (χ2n) is 6.05. The minimum Gasteiger partial charge on any atom is -0.355 e. The molecule has 1 atom stereocenters. The van der Waals surface area contributed by atoms with E-state index in [1.54, 1.807) is 0 Å². The number of benzene rings is 2. The van der Waals surface area contributed by atoms with E-state index in [4.69, 9.17) is 12.2 Å². The molecule has 2 N–H and O–H groups in total. The molecule has 0 saturated heterocycles. The molecule has 0 bridgehead atoms. The van der Waals surface area contributed by atoms with Gasteiger partial charge in [0.25, 0.3) is 0 Å². The Bertz CT molecular complexity index is 635. The third kappa shape index (κ3) is 4.31. The van der Waals surface area contributed by atoms with E-state index >= 15 is 0 Å². The molecule has 0 fully saturated rings. The number of thiocarbonyl (C=S) groups is 1. The van der Waals surface area contributed by atoms with Crippen molar-refractivity contribution < 1.29 is 0 Å². The number of nitrogens with one attached hydrogen (secondary N) is 2. The summed E-state index contributed by atoms with van der Waals surface area (Å²) in [6.07, 6.45) is 0. The summed E-state index contributed by atoms with van der Waals surface area (Å²) in [5.74, 6) is 0.442. The highest BCUT2D eigenvalue weighted by molar-refractivity contribution is 7.80. The van der Waals surface area contributed by atoms with Crippen LogP contribution in [0.2, 0.25) is 0 Å². The van der Waals surface area contributed by atoms with Gasteiger partial charge >= 0.3 is 0 Å². The molecule has 0 unspecified atom stereocenters. The molecule has 0 amide bonds. The topological polar surface area (TPSA) is 24.1 Å². The summed E-state index contributed by atoms with van der Waals surface area (Å²) in [7, 11) is 0. The fourth-order valence-corrected chi connectivity index (χ4v) is 2.85. The number of para-hydroxylation sites is 1. The van der Waals surface area contributed by atoms with Crippen LogP contribution in [0.5, 0.6) is 0 Å². The molecule has 0 spiro atoms. The SMILES string of the molecule is Cc1ccc([C@@H](NC(=S)Nc2ccccc2)C(C)C)c(C)c1. The van der Waals surface area contributed by atoms with Crippen LogP contribution in [0.4, 0.5) is 5.69 Å². The van der Waals surface area contributed by atoms with Gasteiger partial charge in [-0.25, -0.2) is 0 Å². The zero-order chi connectivity index (χ0) is 16.1. The third-order valence-electron chi connectivity index (χ3n) is 3.75. The molecule has 3 heteroatoms. The summed E-state index contributed by atoms with van der Waals surface area (Å²) in [5, 5.41) is 7.37. The maximum absolute atomic E-state index is 5.48. The van der Waals surface area contributed by atoms with E-state index in [1.165, 1.54) is 16.7 Å². The van der Waals surface area contributed by atoms with Gasteiger partial charge < -0.3 is 10.6 Å². The van der Waals surface area contributed by atoms with Gasteiger partial charge in [0.15, 0.2) is 5.11 Å². The zero-order valence-electron chi connectivity index (χ0n) is 13.7. The highest BCUT2D eigenvalue weighted by Gasteiger charge is 2.18. The Morgan fingerprint density at radius 1 is 1.00 bits per heavy atom. The molecule has 0 aliphatic heterocycles. The molecule has 2 nitrogen and oxygen atoms in total. The number of aryl methyl sites for hydroxylation is 2. The van der Waals surface area contributed by atoms with Gasteiger partial charge in [-0.1, -0.05) is 55.8 Å². The van der Waals surface area contributed by atoms with Crippen molar-refractivity contribution in [3.05, 3.63) is 65.2 Å². The van der Waals surface area contributed by atoms with Gasteiger partial charge in [0.2, 0.25) is 0 Å². The molecule has 0 saturated carbocycles. The van der Waals surface area contributed by atoms with Crippen LogP contribution in [-0.4, -0.2) is 5.11 Å². The van der Waals surface area contributed by atoms with E-state index in [0.717, 1.165) is 5.69 Å². The summed E-state index contributed by atoms with van der Waals surface area (Å²) in [4.78, 5) is 0. The Morgan fingerprint density at radius 2 is 1.68 bits per heavy atom. The molecule has 2 aromatic carbocycles. The quantitative estimate of drug-likeness (QED) is 0.778. The normalized spacial score (nSPS) is 12.0. The largest absolute Gasteiger partial charge is 0.355 e. The molecule has 22 heavy (non-hydrogen) atoms. The minimum atomic E-state index is 0.198. The lowest BCUT2D eigenvalue weighted by Crippen LogP contribution is -2.35. The first kappa shape index (κ1) is 16.5. The number of hydrogen-bond acceptors (Lipinski definition) is 1. The molecule has 0 radical (unpaired) electrons. The van der Waals surface area contributed by atoms with Crippen LogP contribution in [0, 0.1) is 19.8 Å². The van der Waals surface area contributed by atoms with Crippen LogP contribution >= 0.6 is 12.2 Å². The van der Waals surface area contributed by atoms with Crippen molar-refractivity contribution in [1.82, 2.24) is 5.32 Å². The van der Waals surface area contributed by atoms with E-state index in [-0.39, 0.29) is 6.04 Å². The van der Waals surface area contributed by atoms with Crippen molar-refractivity contribution in [3.63, 3.8) is 0 Å². The van der Waals surface area contributed by atoms with Crippen LogP contribution < -0.4 is 10.6 Å². The van der Waals surface area contributed by atoms with Gasteiger partial charge in [-0.2, -0.15) is 0 Å². The third-order valence-corrected chi connectivity index (χ3v) is 3.97. The van der Waals surface area contributed by atoms with Gasteiger partial charge in [0, 0.05) is 5.69 Å². The maximum atomic E-state index is 5.48. The summed E-state index contributed by atoms with van der Waals surface area (Å²) in [5.41, 5.74) is 4.89. The van der Waals surface area contributed by atoms with Crippen molar-refractivity contribution in [2.75, 3.05) is 5.32 Å². The highest BCUT2D eigenvalue weighted by atomic mass is 32.1. The average molecular weight is 312 g/mol. The van der Waals surface area contributed by atoms with Crippen molar-refractivity contribution in [2.24, 2.45) is 5.92 Å². The Morgan fingerprint density at radius 3 is 2.27 bits per heavy atom. The zero-order valence-corrected chi connectivity index (χ0v) is 14.5. The summed E-state index contributed by atoms with van der Waals surface area (Å²) >= 11 is 5.48. The van der Waals surface area contributed by atoms with E-state index in [2.05, 4.69) is 56.5 Å². The van der Waals surface area contributed by atoms with E-state index in [0.29, 0.717) is 11.0 Å². The fourth-order valence-electron chi connectivity index (χ4n) is 2.61. The van der Waals surface area contributed by atoms with Crippen molar-refractivity contribution in [2.45, 2.75) is 33.7 Å². The molecule has 2 aromatic rings. The number of rotatable bonds is 4. The minimum absolute atomic E-state index is 0.198. The lowest BCUT2D eigenvalue weighted by molar-refractivity contribution is 0.471. The summed E-state index contributed by atoms with van der Waals surface area (Å²) < 4.78 is 0. The van der Waals surface area contributed by atoms with Crippen molar-refractivity contribution >= 4 is 23.0 Å². The molecule has 0 aromatic heterocycles. The standard InChI is InChI=1S/C19H24N2S/c1-13(2)18(17-11-10-14(3)12-15(17)4)21-19(22)20-16-8-6-5-7-9-16/h5-13,18H,1-4H3,(H2,20,21,22)/t18-/m0/s1. The predicted octanol–water partition coefficient (Wildman–Crippen LogP) is 4.99. The fraction of sp³-hybridized carbons (Fsp3) is 0.316. The second kappa shape index (κ2) is 7.41. The molecule has 2 rings (SSSR count). The Balaban J connectivity index is 2.13. The summed E-state index contributed by atoms with van der Waals surface area (Å²) in [6.45, 7) is 8.70. The first-order chi connectivity index (χ1) is 10.5. The van der Waals surface area contributed by atoms with Gasteiger partial charge in [-0.05, 0) is 55.2 Å². The Hall–Kier alpha value is -1.87. The van der Waals surface area contributed by atoms with Crippen LogP contribution in [-0.2, 0) is 0 Å². The van der Waals surface area contributed by atoms with E-state index < -0.39 is 0 Å². The summed E-state index contributed by atoms with van der Waals surface area (Å²) in [6, 6.07) is 16.8. The Kier molecular flexibility index (Phi) is 5.56. The van der Waals surface area contributed by atoms with Gasteiger partial charge in [-0.15, -0.1) is 0 Å². The van der Waals surface area contributed by atoms with Gasteiger partial charge in [0.05, 0.1) is 6.04 Å². The molecular weight excluding hydrogens is 288 g/mol. The maximum Gasteiger partial charge on any atom is 0.171 e. The molecule has 0 aliphatic rings. The number of anilines is 1. The van der Waals surface area contributed by atoms with E-state index in [9.17, 15) is 0 Å². The average Bonchev–Trinajstić information content (AvgIpc) is 2.46. The second-order valence-corrected chi connectivity index (χ2v) is 6.45. The van der Waals surface area contributed by atoms with Crippen molar-refractivity contribution in [3.8, 4) is 0 Å². The van der Waals surface area contributed by atoms with Crippen LogP contribution in [0.1, 0.15) is 36.6 Å². The smallest absolute Gasteiger partial charge is 0.171 e. The van der Waals surface area contributed by atoms with Gasteiger partial charge in [0.1, 0.15) is 0 Å². The van der Waals surface area contributed by atoms with Gasteiger partial charge in [-0.3, -0.25) is 0 Å². The first-order valence-electron chi connectivity index (χ1n) is 7.67.